The maximum atomic E-state index is 5.51. The van der Waals surface area contributed by atoms with Gasteiger partial charge in [-0.05, 0) is 43.9 Å². The number of nitrogens with zero attached hydrogens (tertiary/aromatic N) is 5. The molecule has 4 aromatic rings. The van der Waals surface area contributed by atoms with Crippen LogP contribution in [0.4, 0.5) is 11.4 Å². The Hall–Kier alpha value is -3.61. The molecule has 1 fully saturated rings. The quantitative estimate of drug-likeness (QED) is 0.389. The highest BCUT2D eigenvalue weighted by Gasteiger charge is 2.26. The molecule has 0 spiro atoms. The molecule has 1 aliphatic rings. The molecule has 0 atom stereocenters. The number of anilines is 2. The van der Waals surface area contributed by atoms with Crippen molar-refractivity contribution in [2.45, 2.75) is 26.3 Å². The number of rotatable bonds is 8. The number of hydrogen-bond donors (Lipinski definition) is 0. The molecule has 1 saturated carbocycles. The van der Waals surface area contributed by atoms with Gasteiger partial charge in [0, 0.05) is 54.4 Å². The van der Waals surface area contributed by atoms with Gasteiger partial charge in [-0.2, -0.15) is 5.10 Å². The lowest BCUT2D eigenvalue weighted by atomic mass is 10.1. The Balaban J connectivity index is 1.56. The van der Waals surface area contributed by atoms with Gasteiger partial charge in [-0.3, -0.25) is 9.67 Å². The molecule has 0 N–H and O–H groups in total. The molecule has 0 amide bonds. The summed E-state index contributed by atoms with van der Waals surface area (Å²) in [5.74, 6) is 2.24. The monoisotopic (exact) mass is 429 g/mol. The molecule has 7 heteroatoms. The molecular formula is C25H27N5O2. The minimum atomic E-state index is 0.695. The fourth-order valence-electron chi connectivity index (χ4n) is 3.84. The van der Waals surface area contributed by atoms with E-state index in [0.29, 0.717) is 5.92 Å². The summed E-state index contributed by atoms with van der Waals surface area (Å²) in [6, 6.07) is 12.3. The van der Waals surface area contributed by atoms with Gasteiger partial charge in [0.2, 0.25) is 0 Å². The predicted molar refractivity (Wildman–Crippen MR) is 126 cm³/mol. The zero-order valence-electron chi connectivity index (χ0n) is 18.7. The van der Waals surface area contributed by atoms with E-state index >= 15 is 0 Å². The van der Waals surface area contributed by atoms with Crippen LogP contribution in [0.1, 0.15) is 19.8 Å². The Morgan fingerprint density at radius 2 is 1.75 bits per heavy atom. The number of fused-ring (bicyclic) bond motifs is 1. The van der Waals surface area contributed by atoms with E-state index in [1.54, 1.807) is 14.2 Å². The van der Waals surface area contributed by atoms with E-state index in [2.05, 4.69) is 46.2 Å². The molecule has 7 nitrogen and oxygen atoms in total. The normalized spacial score (nSPS) is 13.3. The molecule has 164 valence electrons. The van der Waals surface area contributed by atoms with Crippen molar-refractivity contribution in [2.24, 2.45) is 5.92 Å². The van der Waals surface area contributed by atoms with Crippen molar-refractivity contribution in [3.63, 3.8) is 0 Å². The number of methoxy groups -OCH3 is 2. The van der Waals surface area contributed by atoms with Gasteiger partial charge in [-0.25, -0.2) is 4.98 Å². The number of ether oxygens (including phenoxy) is 2. The first-order chi connectivity index (χ1) is 15.7. The summed E-state index contributed by atoms with van der Waals surface area (Å²) in [6.45, 7) is 3.83. The van der Waals surface area contributed by atoms with E-state index in [1.165, 1.54) is 12.8 Å². The minimum Gasteiger partial charge on any atom is -0.497 e. The fraction of sp³-hybridized carbons (Fsp3) is 0.320. The highest BCUT2D eigenvalue weighted by atomic mass is 16.5. The number of aromatic nitrogens is 4. The van der Waals surface area contributed by atoms with E-state index in [0.717, 1.165) is 58.3 Å². The summed E-state index contributed by atoms with van der Waals surface area (Å²) < 4.78 is 12.9. The molecule has 2 heterocycles. The molecule has 1 aliphatic carbocycles. The van der Waals surface area contributed by atoms with Crippen molar-refractivity contribution in [3.8, 4) is 22.8 Å². The first-order valence-electron chi connectivity index (χ1n) is 11.0. The second-order valence-corrected chi connectivity index (χ2v) is 8.14. The van der Waals surface area contributed by atoms with Crippen molar-refractivity contribution in [2.75, 3.05) is 25.7 Å². The van der Waals surface area contributed by atoms with Crippen LogP contribution in [0.3, 0.4) is 0 Å². The van der Waals surface area contributed by atoms with E-state index in [1.807, 2.05) is 35.4 Å². The van der Waals surface area contributed by atoms with Gasteiger partial charge in [0.25, 0.3) is 0 Å². The van der Waals surface area contributed by atoms with Gasteiger partial charge < -0.3 is 14.4 Å². The van der Waals surface area contributed by atoms with Crippen LogP contribution in [0.5, 0.6) is 11.5 Å². The molecule has 2 aromatic heterocycles. The summed E-state index contributed by atoms with van der Waals surface area (Å²) in [5, 5.41) is 4.37. The minimum absolute atomic E-state index is 0.695. The molecule has 0 bridgehead atoms. The third kappa shape index (κ3) is 4.10. The largest absolute Gasteiger partial charge is 0.497 e. The van der Waals surface area contributed by atoms with Crippen LogP contribution in [0.2, 0.25) is 0 Å². The van der Waals surface area contributed by atoms with Gasteiger partial charge >= 0.3 is 0 Å². The average molecular weight is 430 g/mol. The smallest absolute Gasteiger partial charge is 0.124 e. The standard InChI is InChI=1S/C25H27N5O2/c1-4-29-16-18(13-27-29)25-14-26-23-8-7-19(11-24(23)28-25)30(15-17-5-6-17)20-9-21(31-2)12-22(10-20)32-3/h7-14,16-17H,4-6,15H2,1-3H3. The van der Waals surface area contributed by atoms with Gasteiger partial charge in [0.05, 0.1) is 43.3 Å². The summed E-state index contributed by atoms with van der Waals surface area (Å²) in [6.07, 6.45) is 8.17. The Morgan fingerprint density at radius 1 is 0.969 bits per heavy atom. The fourth-order valence-corrected chi connectivity index (χ4v) is 3.84. The third-order valence-electron chi connectivity index (χ3n) is 5.88. The number of benzene rings is 2. The summed E-state index contributed by atoms with van der Waals surface area (Å²) in [7, 11) is 3.36. The molecule has 32 heavy (non-hydrogen) atoms. The Bertz CT molecular complexity index is 1230. The van der Waals surface area contributed by atoms with E-state index < -0.39 is 0 Å². The first kappa shape index (κ1) is 20.3. The van der Waals surface area contributed by atoms with Crippen molar-refractivity contribution in [3.05, 3.63) is 55.0 Å². The van der Waals surface area contributed by atoms with Crippen LogP contribution in [-0.4, -0.2) is 40.5 Å². The topological polar surface area (TPSA) is 65.3 Å². The molecule has 2 aromatic carbocycles. The van der Waals surface area contributed by atoms with Crippen LogP contribution in [0, 0.1) is 5.92 Å². The predicted octanol–water partition coefficient (Wildman–Crippen LogP) is 5.08. The highest BCUT2D eigenvalue weighted by molar-refractivity contribution is 5.82. The lowest BCUT2D eigenvalue weighted by Crippen LogP contribution is -2.20. The van der Waals surface area contributed by atoms with E-state index in [4.69, 9.17) is 14.5 Å². The van der Waals surface area contributed by atoms with Gasteiger partial charge in [-0.1, -0.05) is 0 Å². The van der Waals surface area contributed by atoms with E-state index in [-0.39, 0.29) is 0 Å². The number of aryl methyl sites for hydroxylation is 1. The maximum absolute atomic E-state index is 5.51. The zero-order valence-corrected chi connectivity index (χ0v) is 18.7. The molecule has 0 unspecified atom stereocenters. The second-order valence-electron chi connectivity index (χ2n) is 8.14. The van der Waals surface area contributed by atoms with Crippen LogP contribution >= 0.6 is 0 Å². The van der Waals surface area contributed by atoms with E-state index in [9.17, 15) is 0 Å². The second kappa shape index (κ2) is 8.49. The first-order valence-corrected chi connectivity index (χ1v) is 11.0. The SMILES string of the molecule is CCn1cc(-c2cnc3ccc(N(CC4CC4)c4cc(OC)cc(OC)c4)cc3n2)cn1. The lowest BCUT2D eigenvalue weighted by molar-refractivity contribution is 0.394. The molecule has 0 radical (unpaired) electrons. The number of hydrogen-bond acceptors (Lipinski definition) is 6. The Morgan fingerprint density at radius 3 is 2.41 bits per heavy atom. The van der Waals surface area contributed by atoms with Gasteiger partial charge in [0.15, 0.2) is 0 Å². The summed E-state index contributed by atoms with van der Waals surface area (Å²) in [4.78, 5) is 11.9. The zero-order chi connectivity index (χ0) is 22.1. The summed E-state index contributed by atoms with van der Waals surface area (Å²) in [5.41, 5.74) is 5.65. The summed E-state index contributed by atoms with van der Waals surface area (Å²) >= 11 is 0. The average Bonchev–Trinajstić information content (AvgIpc) is 3.54. The van der Waals surface area contributed by atoms with Crippen molar-refractivity contribution >= 4 is 22.4 Å². The van der Waals surface area contributed by atoms with Crippen LogP contribution in [0.25, 0.3) is 22.3 Å². The lowest BCUT2D eigenvalue weighted by Gasteiger charge is -2.26. The molecule has 0 aliphatic heterocycles. The Kier molecular flexibility index (Phi) is 5.39. The van der Waals surface area contributed by atoms with Crippen LogP contribution < -0.4 is 14.4 Å². The van der Waals surface area contributed by atoms with Gasteiger partial charge in [-0.15, -0.1) is 0 Å². The maximum Gasteiger partial charge on any atom is 0.124 e. The molecular weight excluding hydrogens is 402 g/mol. The Labute approximate surface area is 187 Å². The van der Waals surface area contributed by atoms with Gasteiger partial charge in [0.1, 0.15) is 11.5 Å². The molecule has 5 rings (SSSR count). The third-order valence-corrected chi connectivity index (χ3v) is 5.88. The molecule has 0 saturated heterocycles. The van der Waals surface area contributed by atoms with Crippen molar-refractivity contribution < 1.29 is 9.47 Å². The van der Waals surface area contributed by atoms with Crippen molar-refractivity contribution in [1.29, 1.82) is 0 Å². The van der Waals surface area contributed by atoms with Crippen molar-refractivity contribution in [1.82, 2.24) is 19.7 Å². The van der Waals surface area contributed by atoms with Crippen LogP contribution in [-0.2, 0) is 6.54 Å². The van der Waals surface area contributed by atoms with Crippen LogP contribution in [0.15, 0.2) is 55.0 Å². The highest BCUT2D eigenvalue weighted by Crippen LogP contribution is 2.38.